The van der Waals surface area contributed by atoms with Crippen molar-refractivity contribution < 1.29 is 14.6 Å². The summed E-state index contributed by atoms with van der Waals surface area (Å²) in [6, 6.07) is 0. The van der Waals surface area contributed by atoms with Crippen molar-refractivity contribution in [3.8, 4) is 0 Å². The van der Waals surface area contributed by atoms with Crippen molar-refractivity contribution in [1.29, 1.82) is 0 Å². The number of unbranched alkanes of at least 4 members (excludes halogenated alkanes) is 3. The number of methoxy groups -OCH3 is 1. The van der Waals surface area contributed by atoms with Crippen LogP contribution in [0.4, 0.5) is 0 Å². The number of hydrogen-bond acceptors (Lipinski definition) is 3. The lowest BCUT2D eigenvalue weighted by molar-refractivity contribution is -0.140. The lowest BCUT2D eigenvalue weighted by Crippen LogP contribution is -2.02. The first kappa shape index (κ1) is 19.7. The molecular formula is C18H30O3. The fourth-order valence-electron chi connectivity index (χ4n) is 1.81. The van der Waals surface area contributed by atoms with Crippen molar-refractivity contribution in [2.24, 2.45) is 0 Å². The Labute approximate surface area is 129 Å². The minimum absolute atomic E-state index is 0.159. The SMILES string of the molecule is CCCC=CCC=CC=CC(O)CCCCCC(=O)OC. The maximum absolute atomic E-state index is 10.9. The van der Waals surface area contributed by atoms with Gasteiger partial charge in [-0.3, -0.25) is 4.79 Å². The van der Waals surface area contributed by atoms with Crippen molar-refractivity contribution in [3.63, 3.8) is 0 Å². The molecule has 0 saturated heterocycles. The fourth-order valence-corrected chi connectivity index (χ4v) is 1.81. The highest BCUT2D eigenvalue weighted by Gasteiger charge is 2.01. The minimum Gasteiger partial charge on any atom is -0.469 e. The maximum Gasteiger partial charge on any atom is 0.305 e. The normalized spacial score (nSPS) is 13.5. The summed E-state index contributed by atoms with van der Waals surface area (Å²) in [5.74, 6) is -0.159. The molecule has 0 fully saturated rings. The summed E-state index contributed by atoms with van der Waals surface area (Å²) in [4.78, 5) is 10.9. The standard InChI is InChI=1S/C18H30O3/c1-3-4-5-6-7-8-9-11-14-17(19)15-12-10-13-16-18(20)21-2/h5-6,8-9,11,14,17,19H,3-4,7,10,12-13,15-16H2,1-2H3. The van der Waals surface area contributed by atoms with Gasteiger partial charge in [-0.15, -0.1) is 0 Å². The molecule has 3 nitrogen and oxygen atoms in total. The van der Waals surface area contributed by atoms with Crippen molar-refractivity contribution >= 4 is 5.97 Å². The largest absolute Gasteiger partial charge is 0.469 e. The molecule has 0 aromatic rings. The number of aliphatic hydroxyl groups is 1. The quantitative estimate of drug-likeness (QED) is 0.252. The Balaban J connectivity index is 3.55. The van der Waals surface area contributed by atoms with Gasteiger partial charge < -0.3 is 9.84 Å². The number of carbonyl (C=O) groups excluding carboxylic acids is 1. The Hall–Kier alpha value is -1.35. The van der Waals surface area contributed by atoms with E-state index in [0.29, 0.717) is 6.42 Å². The van der Waals surface area contributed by atoms with Crippen LogP contribution in [0, 0.1) is 0 Å². The first-order chi connectivity index (χ1) is 10.2. The molecular weight excluding hydrogens is 264 g/mol. The molecule has 3 heteroatoms. The van der Waals surface area contributed by atoms with Gasteiger partial charge in [0.1, 0.15) is 0 Å². The van der Waals surface area contributed by atoms with Crippen LogP contribution in [0.5, 0.6) is 0 Å². The second kappa shape index (κ2) is 15.0. The molecule has 1 atom stereocenters. The Kier molecular flexibility index (Phi) is 14.1. The van der Waals surface area contributed by atoms with Crippen molar-refractivity contribution in [2.75, 3.05) is 7.11 Å². The summed E-state index contributed by atoms with van der Waals surface area (Å²) in [6.45, 7) is 2.17. The third kappa shape index (κ3) is 14.9. The summed E-state index contributed by atoms with van der Waals surface area (Å²) >= 11 is 0. The molecule has 0 aromatic heterocycles. The predicted octanol–water partition coefficient (Wildman–Crippen LogP) is 4.33. The van der Waals surface area contributed by atoms with Crippen molar-refractivity contribution in [3.05, 3.63) is 36.5 Å². The van der Waals surface area contributed by atoms with E-state index in [0.717, 1.165) is 38.5 Å². The average molecular weight is 294 g/mol. The van der Waals surface area contributed by atoms with Crippen LogP contribution in [0.2, 0.25) is 0 Å². The third-order valence-corrected chi connectivity index (χ3v) is 3.08. The van der Waals surface area contributed by atoms with Gasteiger partial charge in [-0.1, -0.05) is 62.6 Å². The smallest absolute Gasteiger partial charge is 0.305 e. The summed E-state index contributed by atoms with van der Waals surface area (Å²) in [7, 11) is 1.41. The van der Waals surface area contributed by atoms with Gasteiger partial charge in [0, 0.05) is 6.42 Å². The van der Waals surface area contributed by atoms with E-state index in [4.69, 9.17) is 0 Å². The molecule has 1 N–H and O–H groups in total. The van der Waals surface area contributed by atoms with Gasteiger partial charge in [0.25, 0.3) is 0 Å². The zero-order chi connectivity index (χ0) is 15.8. The number of rotatable bonds is 12. The molecule has 0 amide bonds. The van der Waals surface area contributed by atoms with Gasteiger partial charge in [0.2, 0.25) is 0 Å². The van der Waals surface area contributed by atoms with E-state index >= 15 is 0 Å². The Morgan fingerprint density at radius 2 is 1.95 bits per heavy atom. The van der Waals surface area contributed by atoms with Gasteiger partial charge in [0.05, 0.1) is 13.2 Å². The Morgan fingerprint density at radius 1 is 1.14 bits per heavy atom. The molecule has 120 valence electrons. The molecule has 0 bridgehead atoms. The maximum atomic E-state index is 10.9. The summed E-state index contributed by atoms with van der Waals surface area (Å²) < 4.78 is 4.57. The van der Waals surface area contributed by atoms with E-state index in [9.17, 15) is 9.90 Å². The molecule has 0 heterocycles. The highest BCUT2D eigenvalue weighted by molar-refractivity contribution is 5.68. The van der Waals surface area contributed by atoms with E-state index in [1.807, 2.05) is 18.2 Å². The molecule has 0 aliphatic rings. The van der Waals surface area contributed by atoms with Crippen LogP contribution in [0.3, 0.4) is 0 Å². The number of hydrogen-bond donors (Lipinski definition) is 1. The van der Waals surface area contributed by atoms with Gasteiger partial charge in [0.15, 0.2) is 0 Å². The summed E-state index contributed by atoms with van der Waals surface area (Å²) in [5.41, 5.74) is 0. The van der Waals surface area contributed by atoms with Gasteiger partial charge >= 0.3 is 5.97 Å². The fraction of sp³-hybridized carbons (Fsp3) is 0.611. The van der Waals surface area contributed by atoms with Crippen molar-refractivity contribution in [2.45, 2.75) is 64.4 Å². The van der Waals surface area contributed by atoms with Gasteiger partial charge in [-0.05, 0) is 25.7 Å². The number of carbonyl (C=O) groups is 1. The molecule has 0 rings (SSSR count). The summed E-state index contributed by atoms with van der Waals surface area (Å²) in [6.07, 6.45) is 18.9. The Morgan fingerprint density at radius 3 is 2.67 bits per heavy atom. The average Bonchev–Trinajstić information content (AvgIpc) is 2.49. The van der Waals surface area contributed by atoms with E-state index in [1.54, 1.807) is 0 Å². The number of ether oxygens (including phenoxy) is 1. The zero-order valence-corrected chi connectivity index (χ0v) is 13.5. The summed E-state index contributed by atoms with van der Waals surface area (Å²) in [5, 5.41) is 9.75. The predicted molar refractivity (Wildman–Crippen MR) is 88.1 cm³/mol. The van der Waals surface area contributed by atoms with Crippen LogP contribution in [-0.2, 0) is 9.53 Å². The van der Waals surface area contributed by atoms with Crippen molar-refractivity contribution in [1.82, 2.24) is 0 Å². The van der Waals surface area contributed by atoms with Crippen LogP contribution in [-0.4, -0.2) is 24.3 Å². The van der Waals surface area contributed by atoms with Gasteiger partial charge in [-0.2, -0.15) is 0 Å². The first-order valence-corrected chi connectivity index (χ1v) is 7.94. The van der Waals surface area contributed by atoms with Crippen LogP contribution >= 0.6 is 0 Å². The van der Waals surface area contributed by atoms with Crippen LogP contribution in [0.1, 0.15) is 58.3 Å². The molecule has 0 spiro atoms. The monoisotopic (exact) mass is 294 g/mol. The van der Waals surface area contributed by atoms with Crippen LogP contribution in [0.15, 0.2) is 36.5 Å². The van der Waals surface area contributed by atoms with E-state index in [2.05, 4.69) is 29.9 Å². The molecule has 21 heavy (non-hydrogen) atoms. The second-order valence-electron chi connectivity index (χ2n) is 5.05. The first-order valence-electron chi connectivity index (χ1n) is 7.94. The second-order valence-corrected chi connectivity index (χ2v) is 5.05. The molecule has 0 aliphatic carbocycles. The highest BCUT2D eigenvalue weighted by Crippen LogP contribution is 2.07. The Bertz CT molecular complexity index is 329. The minimum atomic E-state index is -0.400. The van der Waals surface area contributed by atoms with Crippen LogP contribution < -0.4 is 0 Å². The lowest BCUT2D eigenvalue weighted by atomic mass is 10.1. The van der Waals surface area contributed by atoms with Gasteiger partial charge in [-0.25, -0.2) is 0 Å². The molecule has 1 unspecified atom stereocenters. The number of allylic oxidation sites excluding steroid dienone is 5. The molecule has 0 saturated carbocycles. The number of esters is 1. The third-order valence-electron chi connectivity index (χ3n) is 3.08. The molecule has 0 aromatic carbocycles. The zero-order valence-electron chi connectivity index (χ0n) is 13.5. The molecule has 0 radical (unpaired) electrons. The number of aliphatic hydroxyl groups excluding tert-OH is 1. The lowest BCUT2D eigenvalue weighted by Gasteiger charge is -2.04. The van der Waals surface area contributed by atoms with E-state index < -0.39 is 6.10 Å². The topological polar surface area (TPSA) is 46.5 Å². The van der Waals surface area contributed by atoms with Crippen LogP contribution in [0.25, 0.3) is 0 Å². The van der Waals surface area contributed by atoms with E-state index in [-0.39, 0.29) is 5.97 Å². The highest BCUT2D eigenvalue weighted by atomic mass is 16.5. The molecule has 0 aliphatic heterocycles. The van der Waals surface area contributed by atoms with E-state index in [1.165, 1.54) is 13.5 Å².